The molecule has 2 amide bonds. The Balaban J connectivity index is 1.96. The predicted octanol–water partition coefficient (Wildman–Crippen LogP) is 1.60. The van der Waals surface area contributed by atoms with Gasteiger partial charge in [0, 0.05) is 19.7 Å². The lowest BCUT2D eigenvalue weighted by Crippen LogP contribution is -2.11. The topological polar surface area (TPSA) is 124 Å². The third kappa shape index (κ3) is 3.68. The van der Waals surface area contributed by atoms with E-state index in [0.29, 0.717) is 22.5 Å². The Bertz CT molecular complexity index is 1150. The molecule has 8 nitrogen and oxygen atoms in total. The molecule has 0 aliphatic carbocycles. The molecular formula is C18H18N4O4S. The maximum atomic E-state index is 12.8. The number of sulfone groups is 1. The van der Waals surface area contributed by atoms with Crippen LogP contribution in [0.3, 0.4) is 0 Å². The Morgan fingerprint density at radius 2 is 1.81 bits per heavy atom. The molecule has 9 heteroatoms. The molecule has 0 fully saturated rings. The van der Waals surface area contributed by atoms with Crippen LogP contribution in [0.5, 0.6) is 0 Å². The number of nitrogens with zero attached hydrogens (tertiary/aromatic N) is 2. The largest absolute Gasteiger partial charge is 0.366 e. The molecule has 1 heterocycles. The van der Waals surface area contributed by atoms with Crippen LogP contribution in [0.4, 0.5) is 5.69 Å². The van der Waals surface area contributed by atoms with E-state index in [1.807, 2.05) is 0 Å². The van der Waals surface area contributed by atoms with Crippen molar-refractivity contribution in [2.45, 2.75) is 17.6 Å². The Morgan fingerprint density at radius 1 is 1.15 bits per heavy atom. The first kappa shape index (κ1) is 18.6. The molecule has 1 aromatic heterocycles. The third-order valence-corrected chi connectivity index (χ3v) is 5.75. The number of para-hydroxylation sites is 1. The summed E-state index contributed by atoms with van der Waals surface area (Å²) in [5, 5.41) is 2.58. The zero-order chi connectivity index (χ0) is 19.8. The van der Waals surface area contributed by atoms with Crippen LogP contribution in [0.15, 0.2) is 47.4 Å². The molecule has 0 saturated carbocycles. The summed E-state index contributed by atoms with van der Waals surface area (Å²) in [6.07, 6.45) is 0. The minimum Gasteiger partial charge on any atom is -0.366 e. The van der Waals surface area contributed by atoms with Crippen molar-refractivity contribution in [1.29, 1.82) is 0 Å². The summed E-state index contributed by atoms with van der Waals surface area (Å²) in [5.41, 5.74) is 7.12. The van der Waals surface area contributed by atoms with Gasteiger partial charge >= 0.3 is 0 Å². The van der Waals surface area contributed by atoms with Gasteiger partial charge in [0.05, 0.1) is 16.0 Å². The average Bonchev–Trinajstić information content (AvgIpc) is 2.90. The number of fused-ring (bicyclic) bond motifs is 1. The highest BCUT2D eigenvalue weighted by molar-refractivity contribution is 7.90. The van der Waals surface area contributed by atoms with Crippen LogP contribution < -0.4 is 11.1 Å². The first-order valence-electron chi connectivity index (χ1n) is 8.03. The minimum atomic E-state index is -3.67. The van der Waals surface area contributed by atoms with E-state index in [1.54, 1.807) is 29.8 Å². The second-order valence-corrected chi connectivity index (χ2v) is 8.08. The fourth-order valence-corrected chi connectivity index (χ4v) is 4.11. The van der Waals surface area contributed by atoms with E-state index in [9.17, 15) is 18.0 Å². The van der Waals surface area contributed by atoms with E-state index < -0.39 is 15.7 Å². The minimum absolute atomic E-state index is 0.110. The number of nitrogens with one attached hydrogen (secondary N) is 1. The number of carbonyl (C=O) groups excluding carboxylic acids is 2. The number of benzene rings is 2. The maximum Gasteiger partial charge on any atom is 0.250 e. The molecular weight excluding hydrogens is 368 g/mol. The molecule has 0 aliphatic heterocycles. The lowest BCUT2D eigenvalue weighted by atomic mass is 10.2. The number of anilines is 1. The number of rotatable bonds is 5. The highest BCUT2D eigenvalue weighted by Crippen LogP contribution is 2.23. The first-order chi connectivity index (χ1) is 12.7. The molecule has 0 atom stereocenters. The second-order valence-electron chi connectivity index (χ2n) is 6.09. The van der Waals surface area contributed by atoms with Crippen LogP contribution in [-0.4, -0.2) is 29.8 Å². The molecule has 27 heavy (non-hydrogen) atoms. The molecule has 140 valence electrons. The van der Waals surface area contributed by atoms with E-state index in [1.165, 1.54) is 31.2 Å². The lowest BCUT2D eigenvalue weighted by molar-refractivity contribution is -0.114. The van der Waals surface area contributed by atoms with E-state index in [4.69, 9.17) is 5.73 Å². The Kier molecular flexibility index (Phi) is 4.71. The van der Waals surface area contributed by atoms with E-state index in [-0.39, 0.29) is 22.1 Å². The monoisotopic (exact) mass is 386 g/mol. The van der Waals surface area contributed by atoms with Crippen LogP contribution in [0, 0.1) is 0 Å². The summed E-state index contributed by atoms with van der Waals surface area (Å²) in [6, 6.07) is 10.9. The number of primary amides is 1. The third-order valence-electron chi connectivity index (χ3n) is 4.12. The van der Waals surface area contributed by atoms with Crippen molar-refractivity contribution in [3.05, 3.63) is 53.9 Å². The fourth-order valence-electron chi connectivity index (χ4n) is 2.79. The van der Waals surface area contributed by atoms with E-state index in [0.717, 1.165) is 0 Å². The van der Waals surface area contributed by atoms with Gasteiger partial charge in [0.2, 0.25) is 5.91 Å². The van der Waals surface area contributed by atoms with Gasteiger partial charge in [-0.25, -0.2) is 13.4 Å². The van der Waals surface area contributed by atoms with Crippen LogP contribution in [0.2, 0.25) is 0 Å². The Hall–Kier alpha value is -3.20. The standard InChI is InChI=1S/C18H18N4O4S/c1-11(23)20-12-6-8-13(9-7-12)27(25,26)10-16-21-17-14(18(19)24)4-3-5-15(17)22(16)2/h3-9H,10H2,1-2H3,(H2,19,24)(H,20,23). The van der Waals surface area contributed by atoms with Crippen molar-refractivity contribution in [2.24, 2.45) is 12.8 Å². The molecule has 0 radical (unpaired) electrons. The molecule has 0 bridgehead atoms. The molecule has 3 rings (SSSR count). The first-order valence-corrected chi connectivity index (χ1v) is 9.69. The van der Waals surface area contributed by atoms with Crippen LogP contribution in [0.25, 0.3) is 11.0 Å². The summed E-state index contributed by atoms with van der Waals surface area (Å²) < 4.78 is 27.1. The van der Waals surface area contributed by atoms with Crippen LogP contribution in [0.1, 0.15) is 23.1 Å². The van der Waals surface area contributed by atoms with Gasteiger partial charge in [-0.05, 0) is 36.4 Å². The van der Waals surface area contributed by atoms with Crippen molar-refractivity contribution in [1.82, 2.24) is 9.55 Å². The van der Waals surface area contributed by atoms with Crippen LogP contribution in [-0.2, 0) is 27.4 Å². The smallest absolute Gasteiger partial charge is 0.250 e. The van der Waals surface area contributed by atoms with Crippen molar-refractivity contribution < 1.29 is 18.0 Å². The Labute approximate surface area is 155 Å². The number of imidazole rings is 1. The lowest BCUT2D eigenvalue weighted by Gasteiger charge is -2.07. The zero-order valence-electron chi connectivity index (χ0n) is 14.8. The van der Waals surface area contributed by atoms with Crippen molar-refractivity contribution in [3.63, 3.8) is 0 Å². The van der Waals surface area contributed by atoms with Gasteiger partial charge in [0.25, 0.3) is 5.91 Å². The number of amides is 2. The second kappa shape index (κ2) is 6.84. The Morgan fingerprint density at radius 3 is 2.41 bits per heavy atom. The van der Waals surface area contributed by atoms with Gasteiger partial charge in [-0.1, -0.05) is 6.07 Å². The highest BCUT2D eigenvalue weighted by Gasteiger charge is 2.21. The number of nitrogens with two attached hydrogens (primary N) is 1. The summed E-state index contributed by atoms with van der Waals surface area (Å²) in [6.45, 7) is 1.37. The number of hydrogen-bond donors (Lipinski definition) is 2. The van der Waals surface area contributed by atoms with Gasteiger partial charge in [0.15, 0.2) is 9.84 Å². The van der Waals surface area contributed by atoms with Gasteiger partial charge < -0.3 is 15.6 Å². The quantitative estimate of drug-likeness (QED) is 0.689. The molecule has 0 saturated heterocycles. The predicted molar refractivity (Wildman–Crippen MR) is 101 cm³/mol. The number of aromatic nitrogens is 2. The molecule has 0 aliphatic rings. The maximum absolute atomic E-state index is 12.8. The SMILES string of the molecule is CC(=O)Nc1ccc(S(=O)(=O)Cc2nc3c(C(N)=O)cccc3n2C)cc1. The molecule has 3 aromatic rings. The van der Waals surface area contributed by atoms with Crippen molar-refractivity contribution >= 4 is 38.4 Å². The van der Waals surface area contributed by atoms with Gasteiger partial charge in [0.1, 0.15) is 17.1 Å². The molecule has 0 spiro atoms. The zero-order valence-corrected chi connectivity index (χ0v) is 15.6. The van der Waals surface area contributed by atoms with E-state index >= 15 is 0 Å². The summed E-state index contributed by atoms with van der Waals surface area (Å²) >= 11 is 0. The van der Waals surface area contributed by atoms with E-state index in [2.05, 4.69) is 10.3 Å². The van der Waals surface area contributed by atoms with Gasteiger partial charge in [-0.15, -0.1) is 0 Å². The normalized spacial score (nSPS) is 11.5. The molecule has 0 unspecified atom stereocenters. The fraction of sp³-hybridized carbons (Fsp3) is 0.167. The number of aryl methyl sites for hydroxylation is 1. The summed E-state index contributed by atoms with van der Waals surface area (Å²) in [4.78, 5) is 27.1. The molecule has 2 aromatic carbocycles. The van der Waals surface area contributed by atoms with Crippen molar-refractivity contribution in [2.75, 3.05) is 5.32 Å². The molecule has 3 N–H and O–H groups in total. The van der Waals surface area contributed by atoms with Gasteiger partial charge in [-0.2, -0.15) is 0 Å². The van der Waals surface area contributed by atoms with Gasteiger partial charge in [-0.3, -0.25) is 9.59 Å². The van der Waals surface area contributed by atoms with Crippen molar-refractivity contribution in [3.8, 4) is 0 Å². The average molecular weight is 386 g/mol. The number of carbonyl (C=O) groups is 2. The number of hydrogen-bond acceptors (Lipinski definition) is 5. The van der Waals surface area contributed by atoms with Crippen LogP contribution >= 0.6 is 0 Å². The summed E-state index contributed by atoms with van der Waals surface area (Å²) in [7, 11) is -1.99. The highest BCUT2D eigenvalue weighted by atomic mass is 32.2. The summed E-state index contributed by atoms with van der Waals surface area (Å²) in [5.74, 6) is -0.905.